The first-order valence-corrected chi connectivity index (χ1v) is 7.15. The van der Waals surface area contributed by atoms with Gasteiger partial charge in [-0.1, -0.05) is 13.5 Å². The van der Waals surface area contributed by atoms with Gasteiger partial charge in [-0.3, -0.25) is 4.79 Å². The molecule has 0 aromatic rings. The van der Waals surface area contributed by atoms with Crippen LogP contribution in [0.2, 0.25) is 0 Å². The number of rotatable bonds is 4. The smallest absolute Gasteiger partial charge is 0.197 e. The Morgan fingerprint density at radius 1 is 1.40 bits per heavy atom. The fraction of sp³-hybridized carbons (Fsp3) is 0.688. The summed E-state index contributed by atoms with van der Waals surface area (Å²) in [5, 5.41) is 0. The van der Waals surface area contributed by atoms with Gasteiger partial charge in [-0.05, 0) is 25.3 Å². The number of hydrogen-bond acceptors (Lipinski definition) is 4. The number of hydrogen-bond donors (Lipinski definition) is 0. The van der Waals surface area contributed by atoms with Crippen LogP contribution in [-0.2, 0) is 19.0 Å². The van der Waals surface area contributed by atoms with Crippen LogP contribution in [-0.4, -0.2) is 32.2 Å². The van der Waals surface area contributed by atoms with Gasteiger partial charge in [0.1, 0.15) is 0 Å². The molecule has 1 saturated heterocycles. The summed E-state index contributed by atoms with van der Waals surface area (Å²) < 4.78 is 16.6. The van der Waals surface area contributed by atoms with E-state index in [1.165, 1.54) is 0 Å². The Morgan fingerprint density at radius 2 is 2.10 bits per heavy atom. The zero-order chi connectivity index (χ0) is 14.9. The number of ketones is 1. The third-order valence-corrected chi connectivity index (χ3v) is 4.43. The van der Waals surface area contributed by atoms with E-state index >= 15 is 0 Å². The number of allylic oxidation sites excluding steroid dienone is 1. The Bertz CT molecular complexity index is 426. The van der Waals surface area contributed by atoms with Gasteiger partial charge in [0, 0.05) is 18.3 Å². The highest BCUT2D eigenvalue weighted by Crippen LogP contribution is 2.41. The molecule has 0 N–H and O–H groups in total. The SMILES string of the molecule is C=C(OC)C1CC(C)OC1C1C=C(OC)C(=O)CC1C. The Kier molecular flexibility index (Phi) is 4.53. The van der Waals surface area contributed by atoms with Crippen molar-refractivity contribution in [1.29, 1.82) is 0 Å². The highest BCUT2D eigenvalue weighted by atomic mass is 16.5. The quantitative estimate of drug-likeness (QED) is 0.743. The summed E-state index contributed by atoms with van der Waals surface area (Å²) >= 11 is 0. The molecular formula is C16H24O4. The van der Waals surface area contributed by atoms with Gasteiger partial charge in [-0.25, -0.2) is 0 Å². The van der Waals surface area contributed by atoms with Crippen molar-refractivity contribution in [3.63, 3.8) is 0 Å². The molecule has 4 nitrogen and oxygen atoms in total. The van der Waals surface area contributed by atoms with Gasteiger partial charge in [0.15, 0.2) is 11.5 Å². The number of methoxy groups -OCH3 is 2. The molecule has 4 heteroatoms. The Labute approximate surface area is 120 Å². The Morgan fingerprint density at radius 3 is 2.70 bits per heavy atom. The zero-order valence-corrected chi connectivity index (χ0v) is 12.7. The Balaban J connectivity index is 2.26. The topological polar surface area (TPSA) is 44.8 Å². The van der Waals surface area contributed by atoms with Gasteiger partial charge in [0.25, 0.3) is 0 Å². The monoisotopic (exact) mass is 280 g/mol. The van der Waals surface area contributed by atoms with Crippen LogP contribution in [0.5, 0.6) is 0 Å². The molecule has 5 unspecified atom stereocenters. The van der Waals surface area contributed by atoms with E-state index in [2.05, 4.69) is 20.4 Å². The van der Waals surface area contributed by atoms with Crippen LogP contribution in [0.3, 0.4) is 0 Å². The van der Waals surface area contributed by atoms with Crippen LogP contribution >= 0.6 is 0 Å². The maximum Gasteiger partial charge on any atom is 0.197 e. The second kappa shape index (κ2) is 6.00. The van der Waals surface area contributed by atoms with Crippen LogP contribution in [0.25, 0.3) is 0 Å². The van der Waals surface area contributed by atoms with E-state index < -0.39 is 0 Å². The normalized spacial score (nSPS) is 37.5. The zero-order valence-electron chi connectivity index (χ0n) is 12.7. The number of Topliss-reactive ketones (excluding diaryl/α,β-unsaturated/α-hetero) is 1. The molecule has 0 radical (unpaired) electrons. The van der Waals surface area contributed by atoms with Gasteiger partial charge in [0.05, 0.1) is 32.2 Å². The maximum absolute atomic E-state index is 11.9. The molecule has 0 bridgehead atoms. The highest BCUT2D eigenvalue weighted by molar-refractivity contribution is 5.94. The van der Waals surface area contributed by atoms with E-state index in [0.717, 1.165) is 12.2 Å². The molecule has 2 rings (SSSR count). The molecule has 112 valence electrons. The van der Waals surface area contributed by atoms with Crippen LogP contribution in [0.4, 0.5) is 0 Å². The fourth-order valence-corrected chi connectivity index (χ4v) is 3.30. The third-order valence-electron chi connectivity index (χ3n) is 4.43. The van der Waals surface area contributed by atoms with Gasteiger partial charge in [-0.15, -0.1) is 0 Å². The lowest BCUT2D eigenvalue weighted by Crippen LogP contribution is -2.35. The van der Waals surface area contributed by atoms with Crippen molar-refractivity contribution in [2.45, 2.75) is 38.9 Å². The van der Waals surface area contributed by atoms with Gasteiger partial charge < -0.3 is 14.2 Å². The molecule has 0 saturated carbocycles. The molecule has 1 heterocycles. The molecule has 0 aromatic carbocycles. The van der Waals surface area contributed by atoms with Crippen LogP contribution in [0.15, 0.2) is 24.2 Å². The molecule has 1 aliphatic heterocycles. The van der Waals surface area contributed by atoms with E-state index in [9.17, 15) is 4.79 Å². The van der Waals surface area contributed by atoms with Crippen molar-refractivity contribution in [2.75, 3.05) is 14.2 Å². The minimum absolute atomic E-state index is 0.00528. The lowest BCUT2D eigenvalue weighted by Gasteiger charge is -2.33. The van der Waals surface area contributed by atoms with Gasteiger partial charge >= 0.3 is 0 Å². The van der Waals surface area contributed by atoms with Crippen molar-refractivity contribution >= 4 is 5.78 Å². The molecule has 0 amide bonds. The summed E-state index contributed by atoms with van der Waals surface area (Å²) in [6.45, 7) is 8.15. The summed E-state index contributed by atoms with van der Waals surface area (Å²) in [5.74, 6) is 1.86. The first-order chi connectivity index (χ1) is 9.47. The number of carbonyl (C=O) groups excluding carboxylic acids is 1. The van der Waals surface area contributed by atoms with Crippen molar-refractivity contribution in [2.24, 2.45) is 17.8 Å². The summed E-state index contributed by atoms with van der Waals surface area (Å²) in [6.07, 6.45) is 3.52. The molecule has 20 heavy (non-hydrogen) atoms. The molecule has 1 fully saturated rings. The average molecular weight is 280 g/mol. The predicted molar refractivity (Wildman–Crippen MR) is 76.0 cm³/mol. The second-order valence-corrected chi connectivity index (χ2v) is 5.84. The van der Waals surface area contributed by atoms with Crippen molar-refractivity contribution in [3.05, 3.63) is 24.2 Å². The molecule has 5 atom stereocenters. The van der Waals surface area contributed by atoms with Crippen molar-refractivity contribution in [1.82, 2.24) is 0 Å². The van der Waals surface area contributed by atoms with E-state index in [0.29, 0.717) is 12.2 Å². The summed E-state index contributed by atoms with van der Waals surface area (Å²) in [5.41, 5.74) is 0. The third kappa shape index (κ3) is 2.75. The fourth-order valence-electron chi connectivity index (χ4n) is 3.30. The van der Waals surface area contributed by atoms with E-state index in [1.807, 2.05) is 6.08 Å². The predicted octanol–water partition coefficient (Wildman–Crippen LogP) is 2.70. The lowest BCUT2D eigenvalue weighted by molar-refractivity contribution is -0.121. The summed E-state index contributed by atoms with van der Waals surface area (Å²) in [6, 6.07) is 0. The largest absolute Gasteiger partial charge is 0.501 e. The standard InChI is InChI=1S/C16H24O4/c1-9-6-14(17)15(19-5)8-12(9)16-13(11(3)18-4)7-10(2)20-16/h8-10,12-13,16H,3,6-7H2,1-2,4-5H3. The molecule has 0 spiro atoms. The van der Waals surface area contributed by atoms with E-state index in [4.69, 9.17) is 14.2 Å². The van der Waals surface area contributed by atoms with Gasteiger partial charge in [0.2, 0.25) is 0 Å². The Hall–Kier alpha value is -1.29. The molecular weight excluding hydrogens is 256 g/mol. The lowest BCUT2D eigenvalue weighted by atomic mass is 9.76. The maximum atomic E-state index is 11.9. The van der Waals surface area contributed by atoms with E-state index in [-0.39, 0.29) is 35.7 Å². The average Bonchev–Trinajstić information content (AvgIpc) is 2.80. The first kappa shape index (κ1) is 15.1. The minimum Gasteiger partial charge on any atom is -0.501 e. The highest BCUT2D eigenvalue weighted by Gasteiger charge is 2.43. The molecule has 1 aliphatic carbocycles. The van der Waals surface area contributed by atoms with E-state index in [1.54, 1.807) is 14.2 Å². The van der Waals surface area contributed by atoms with Crippen LogP contribution < -0.4 is 0 Å². The second-order valence-electron chi connectivity index (χ2n) is 5.84. The first-order valence-electron chi connectivity index (χ1n) is 7.15. The number of ether oxygens (including phenoxy) is 3. The van der Waals surface area contributed by atoms with Crippen LogP contribution in [0.1, 0.15) is 26.7 Å². The summed E-state index contributed by atoms with van der Waals surface area (Å²) in [4.78, 5) is 11.9. The molecule has 2 aliphatic rings. The molecule has 0 aromatic heterocycles. The minimum atomic E-state index is 0.00528. The van der Waals surface area contributed by atoms with Crippen molar-refractivity contribution < 1.29 is 19.0 Å². The van der Waals surface area contributed by atoms with Crippen molar-refractivity contribution in [3.8, 4) is 0 Å². The number of carbonyl (C=O) groups is 1. The van der Waals surface area contributed by atoms with Gasteiger partial charge in [-0.2, -0.15) is 0 Å². The van der Waals surface area contributed by atoms with Crippen LogP contribution in [0, 0.1) is 17.8 Å². The summed E-state index contributed by atoms with van der Waals surface area (Å²) in [7, 11) is 3.19.